The van der Waals surface area contributed by atoms with Crippen molar-refractivity contribution in [2.75, 3.05) is 0 Å². The first-order chi connectivity index (χ1) is 7.64. The first-order valence-corrected chi connectivity index (χ1v) is 5.31. The normalized spacial score (nSPS) is 18.3. The third-order valence-corrected chi connectivity index (χ3v) is 2.94. The molecule has 0 unspecified atom stereocenters. The molecule has 4 heteroatoms. The summed E-state index contributed by atoms with van der Waals surface area (Å²) in [6.07, 6.45) is 2.49. The summed E-state index contributed by atoms with van der Waals surface area (Å²) < 4.78 is 18.7. The summed E-state index contributed by atoms with van der Waals surface area (Å²) in [5, 5.41) is 9.17. The molecule has 1 N–H and O–H groups in total. The molecule has 1 aromatic rings. The van der Waals surface area contributed by atoms with Crippen LogP contribution >= 0.6 is 0 Å². The van der Waals surface area contributed by atoms with E-state index >= 15 is 0 Å². The molecular weight excluding hydrogens is 211 g/mol. The van der Waals surface area contributed by atoms with Crippen molar-refractivity contribution in [3.05, 3.63) is 30.1 Å². The Kier molecular flexibility index (Phi) is 2.81. The molecule has 0 heterocycles. The minimum Gasteiger partial charge on any atom is -0.478 e. The lowest BCUT2D eigenvalue weighted by Crippen LogP contribution is -2.41. The number of rotatable bonds is 3. The van der Waals surface area contributed by atoms with Gasteiger partial charge in [0, 0.05) is 0 Å². The maximum absolute atomic E-state index is 13.4. The average Bonchev–Trinajstić information content (AvgIpc) is 2.71. The Hall–Kier alpha value is -1.58. The van der Waals surface area contributed by atoms with E-state index in [0.717, 1.165) is 12.8 Å². The Morgan fingerprint density at radius 2 is 1.94 bits per heavy atom. The van der Waals surface area contributed by atoms with Crippen LogP contribution in [0.3, 0.4) is 0 Å². The first-order valence-electron chi connectivity index (χ1n) is 5.31. The van der Waals surface area contributed by atoms with Crippen molar-refractivity contribution < 1.29 is 19.0 Å². The molecule has 86 valence electrons. The fourth-order valence-corrected chi connectivity index (χ4v) is 2.04. The van der Waals surface area contributed by atoms with Gasteiger partial charge in [0.05, 0.1) is 0 Å². The highest BCUT2D eigenvalue weighted by Crippen LogP contribution is 2.35. The number of hydrogen-bond donors (Lipinski definition) is 1. The van der Waals surface area contributed by atoms with Crippen LogP contribution in [0.1, 0.15) is 25.7 Å². The quantitative estimate of drug-likeness (QED) is 0.858. The molecule has 1 aliphatic carbocycles. The van der Waals surface area contributed by atoms with Crippen molar-refractivity contribution >= 4 is 5.97 Å². The lowest BCUT2D eigenvalue weighted by Gasteiger charge is -2.25. The summed E-state index contributed by atoms with van der Waals surface area (Å²) in [6, 6.07) is 5.89. The van der Waals surface area contributed by atoms with Crippen LogP contribution in [-0.2, 0) is 4.79 Å². The van der Waals surface area contributed by atoms with Gasteiger partial charge in [-0.15, -0.1) is 0 Å². The van der Waals surface area contributed by atoms with E-state index in [1.807, 2.05) is 0 Å². The van der Waals surface area contributed by atoms with Gasteiger partial charge in [0.2, 0.25) is 5.60 Å². The minimum absolute atomic E-state index is 0.0202. The largest absolute Gasteiger partial charge is 0.478 e. The van der Waals surface area contributed by atoms with Crippen LogP contribution in [0.25, 0.3) is 0 Å². The molecule has 0 aromatic heterocycles. The number of ether oxygens (including phenoxy) is 1. The number of carbonyl (C=O) groups is 1. The molecule has 0 radical (unpaired) electrons. The van der Waals surface area contributed by atoms with Crippen LogP contribution in [0.4, 0.5) is 4.39 Å². The monoisotopic (exact) mass is 224 g/mol. The Labute approximate surface area is 92.9 Å². The van der Waals surface area contributed by atoms with Crippen molar-refractivity contribution in [3.63, 3.8) is 0 Å². The van der Waals surface area contributed by atoms with Crippen molar-refractivity contribution in [1.82, 2.24) is 0 Å². The van der Waals surface area contributed by atoms with Crippen molar-refractivity contribution in [1.29, 1.82) is 0 Å². The van der Waals surface area contributed by atoms with Gasteiger partial charge in [-0.25, -0.2) is 9.18 Å². The van der Waals surface area contributed by atoms with Crippen LogP contribution in [0.5, 0.6) is 5.75 Å². The van der Waals surface area contributed by atoms with Crippen LogP contribution in [0.2, 0.25) is 0 Å². The summed E-state index contributed by atoms with van der Waals surface area (Å²) in [5.41, 5.74) is -1.23. The third-order valence-electron chi connectivity index (χ3n) is 2.94. The second kappa shape index (κ2) is 4.12. The van der Waals surface area contributed by atoms with Crippen LogP contribution in [0.15, 0.2) is 24.3 Å². The molecule has 1 aliphatic rings. The predicted octanol–water partition coefficient (Wildman–Crippen LogP) is 2.60. The molecule has 2 rings (SSSR count). The Balaban J connectivity index is 2.25. The maximum Gasteiger partial charge on any atom is 0.348 e. The lowest BCUT2D eigenvalue weighted by molar-refractivity contribution is -0.154. The second-order valence-corrected chi connectivity index (χ2v) is 4.04. The lowest BCUT2D eigenvalue weighted by atomic mass is 10.0. The van der Waals surface area contributed by atoms with Crippen LogP contribution < -0.4 is 4.74 Å². The minimum atomic E-state index is -1.23. The summed E-state index contributed by atoms with van der Waals surface area (Å²) in [5.74, 6) is -1.50. The highest BCUT2D eigenvalue weighted by Gasteiger charge is 2.44. The number of hydrogen-bond acceptors (Lipinski definition) is 2. The van der Waals surface area contributed by atoms with Gasteiger partial charge >= 0.3 is 5.97 Å². The number of aliphatic carboxylic acids is 1. The summed E-state index contributed by atoms with van der Waals surface area (Å²) in [4.78, 5) is 11.2. The Morgan fingerprint density at radius 1 is 1.31 bits per heavy atom. The molecule has 3 nitrogen and oxygen atoms in total. The maximum atomic E-state index is 13.4. The topological polar surface area (TPSA) is 46.5 Å². The highest BCUT2D eigenvalue weighted by atomic mass is 19.1. The Morgan fingerprint density at radius 3 is 2.50 bits per heavy atom. The molecule has 1 saturated carbocycles. The number of carboxylic acids is 1. The average molecular weight is 224 g/mol. The SMILES string of the molecule is O=C(O)C1(Oc2ccccc2F)CCCC1. The van der Waals surface area contributed by atoms with Crippen molar-refractivity contribution in [3.8, 4) is 5.75 Å². The Bertz CT molecular complexity index is 397. The van der Waals surface area contributed by atoms with Gasteiger partial charge < -0.3 is 9.84 Å². The van der Waals surface area contributed by atoms with Gasteiger partial charge in [0.15, 0.2) is 11.6 Å². The standard InChI is InChI=1S/C12H13FO3/c13-9-5-1-2-6-10(9)16-12(11(14)15)7-3-4-8-12/h1-2,5-6H,3-4,7-8H2,(H,14,15). The molecule has 0 amide bonds. The molecule has 0 saturated heterocycles. The van der Waals surface area contributed by atoms with E-state index in [4.69, 9.17) is 9.84 Å². The zero-order valence-electron chi connectivity index (χ0n) is 8.78. The smallest absolute Gasteiger partial charge is 0.348 e. The molecule has 0 spiro atoms. The highest BCUT2D eigenvalue weighted by molar-refractivity contribution is 5.78. The van der Waals surface area contributed by atoms with E-state index in [1.54, 1.807) is 12.1 Å². The van der Waals surface area contributed by atoms with E-state index in [0.29, 0.717) is 12.8 Å². The molecule has 0 aliphatic heterocycles. The van der Waals surface area contributed by atoms with Crippen LogP contribution in [-0.4, -0.2) is 16.7 Å². The first kappa shape index (κ1) is 10.9. The molecule has 0 atom stereocenters. The second-order valence-electron chi connectivity index (χ2n) is 4.04. The van der Waals surface area contributed by atoms with Gasteiger partial charge in [0.25, 0.3) is 0 Å². The van der Waals surface area contributed by atoms with Crippen molar-refractivity contribution in [2.24, 2.45) is 0 Å². The molecule has 1 aromatic carbocycles. The fourth-order valence-electron chi connectivity index (χ4n) is 2.04. The zero-order valence-corrected chi connectivity index (χ0v) is 8.78. The van der Waals surface area contributed by atoms with E-state index in [1.165, 1.54) is 12.1 Å². The van der Waals surface area contributed by atoms with E-state index in [-0.39, 0.29) is 5.75 Å². The van der Waals surface area contributed by atoms with Gasteiger partial charge in [-0.05, 0) is 37.8 Å². The zero-order chi connectivity index (χ0) is 11.6. The van der Waals surface area contributed by atoms with Crippen molar-refractivity contribution in [2.45, 2.75) is 31.3 Å². The molecule has 16 heavy (non-hydrogen) atoms. The number of carboxylic acid groups (broad SMARTS) is 1. The summed E-state index contributed by atoms with van der Waals surface area (Å²) in [6.45, 7) is 0. The summed E-state index contributed by atoms with van der Waals surface area (Å²) >= 11 is 0. The molecule has 1 fully saturated rings. The predicted molar refractivity (Wildman–Crippen MR) is 55.9 cm³/mol. The van der Waals surface area contributed by atoms with E-state index in [2.05, 4.69) is 0 Å². The van der Waals surface area contributed by atoms with Gasteiger partial charge in [-0.3, -0.25) is 0 Å². The number of benzene rings is 1. The third kappa shape index (κ3) is 1.87. The van der Waals surface area contributed by atoms with E-state index in [9.17, 15) is 9.18 Å². The van der Waals surface area contributed by atoms with Gasteiger partial charge in [-0.1, -0.05) is 12.1 Å². The fraction of sp³-hybridized carbons (Fsp3) is 0.417. The molecule has 0 bridgehead atoms. The molecular formula is C12H13FO3. The van der Waals surface area contributed by atoms with E-state index < -0.39 is 17.4 Å². The number of para-hydroxylation sites is 1. The number of halogens is 1. The van der Waals surface area contributed by atoms with Crippen LogP contribution in [0, 0.1) is 5.82 Å². The van der Waals surface area contributed by atoms with Gasteiger partial charge in [0.1, 0.15) is 0 Å². The van der Waals surface area contributed by atoms with Gasteiger partial charge in [-0.2, -0.15) is 0 Å². The summed E-state index contributed by atoms with van der Waals surface area (Å²) in [7, 11) is 0.